The number of allylic oxidation sites excluding steroid dienone is 2. The summed E-state index contributed by atoms with van der Waals surface area (Å²) in [7, 11) is 16.4. The fraction of sp³-hybridized carbons (Fsp3) is 0.548. The third-order valence-corrected chi connectivity index (χ3v) is 75.3. The first-order valence-corrected chi connectivity index (χ1v) is 50.7. The van der Waals surface area contributed by atoms with Crippen LogP contribution < -0.4 is 10.4 Å². The van der Waals surface area contributed by atoms with Crippen LogP contribution in [0.15, 0.2) is 96.1 Å². The molecule has 0 saturated heterocycles. The second kappa shape index (κ2) is 16.7. The number of halogens is 2. The van der Waals surface area contributed by atoms with Crippen LogP contribution in [0.2, 0.25) is 51.9 Å². The van der Waals surface area contributed by atoms with Crippen LogP contribution in [0.4, 0.5) is 0 Å². The number of hydrogen-bond acceptors (Lipinski definition) is 0. The Bertz CT molecular complexity index is 2450. The molecule has 0 radical (unpaired) electrons. The SMILES string of the molecule is CCC[SiH](C)[Zr]([Cl])([Cl])([CH]1C(CC23CC4CC(CC(C4)C2)C3)=Cc2c(-c3ccc([Si](C)(C)C)cc3)cccc21)[CH]1C(CC23CC4CC(CC(C4)C2)C3)=Cc2c(-c3ccc([Si](C)(C)C)cc3)cccc21. The molecule has 0 heterocycles. The van der Waals surface area contributed by atoms with Gasteiger partial charge < -0.3 is 0 Å². The van der Waals surface area contributed by atoms with E-state index in [0.717, 1.165) is 35.5 Å². The van der Waals surface area contributed by atoms with E-state index in [1.54, 1.807) is 11.1 Å². The van der Waals surface area contributed by atoms with Gasteiger partial charge in [-0.2, -0.15) is 0 Å². The van der Waals surface area contributed by atoms with Crippen molar-refractivity contribution < 1.29 is 15.6 Å². The van der Waals surface area contributed by atoms with Gasteiger partial charge in [0.15, 0.2) is 0 Å². The van der Waals surface area contributed by atoms with Crippen LogP contribution in [0.3, 0.4) is 0 Å². The first kappa shape index (κ1) is 47.5. The van der Waals surface area contributed by atoms with E-state index in [1.165, 1.54) is 157 Å². The van der Waals surface area contributed by atoms with Crippen molar-refractivity contribution >= 4 is 61.6 Å². The Morgan fingerprint density at radius 3 is 1.16 bits per heavy atom. The Balaban J connectivity index is 1.06. The van der Waals surface area contributed by atoms with Gasteiger partial charge in [-0.25, -0.2) is 0 Å². The van der Waals surface area contributed by atoms with Crippen molar-refractivity contribution in [1.29, 1.82) is 0 Å². The summed E-state index contributed by atoms with van der Waals surface area (Å²) in [6, 6.07) is 35.6. The second-order valence-electron chi connectivity index (χ2n) is 27.7. The van der Waals surface area contributed by atoms with Gasteiger partial charge in [0.1, 0.15) is 0 Å². The fourth-order valence-electron chi connectivity index (χ4n) is 18.7. The van der Waals surface area contributed by atoms with Crippen molar-refractivity contribution in [1.82, 2.24) is 0 Å². The summed E-state index contributed by atoms with van der Waals surface area (Å²) < 4.78 is 0.292. The predicted molar refractivity (Wildman–Crippen MR) is 301 cm³/mol. The normalized spacial score (nSPS) is 33.2. The zero-order chi connectivity index (χ0) is 47.2. The molecular formula is C62H81Cl2Si3Zr. The van der Waals surface area contributed by atoms with Gasteiger partial charge >= 0.3 is 426 Å². The van der Waals surface area contributed by atoms with E-state index < -0.39 is 37.6 Å². The minimum absolute atomic E-state index is 0.146. The molecule has 8 saturated carbocycles. The van der Waals surface area contributed by atoms with E-state index in [4.69, 9.17) is 0 Å². The molecule has 6 heteroatoms. The summed E-state index contributed by atoms with van der Waals surface area (Å²) in [5, 5.41) is 3.06. The van der Waals surface area contributed by atoms with Gasteiger partial charge in [0.2, 0.25) is 0 Å². The van der Waals surface area contributed by atoms with Crippen molar-refractivity contribution in [2.45, 2.75) is 162 Å². The summed E-state index contributed by atoms with van der Waals surface area (Å²) in [6.45, 7) is 20.0. The van der Waals surface area contributed by atoms with E-state index in [1.807, 2.05) is 0 Å². The monoisotopic (exact) mass is 1070 g/mol. The molecule has 0 aliphatic heterocycles. The molecular weight excluding hydrogens is 991 g/mol. The van der Waals surface area contributed by atoms with E-state index >= 15 is 0 Å². The van der Waals surface area contributed by atoms with E-state index in [9.17, 15) is 17.0 Å². The van der Waals surface area contributed by atoms with Gasteiger partial charge in [0.25, 0.3) is 0 Å². The predicted octanol–water partition coefficient (Wildman–Crippen LogP) is 17.7. The van der Waals surface area contributed by atoms with E-state index in [0.29, 0.717) is 10.8 Å². The first-order chi connectivity index (χ1) is 32.3. The topological polar surface area (TPSA) is 0 Å². The standard InChI is InChI=1S/2C29H35Si.C4H11Si.2ClH.Zr/c2*1-30(2,3)26-9-7-24(8-10-26)27-6-4-5-25-14-23(15-28(25)27)19-29-16-20-11-21(17-29)13-22(12-20)18-29;1-3-4-5-2;;;/h2*4-10,14-15,20-22H,11-13,16-19H2,1-3H3;5H,3-4H2,1-2H3;2*1H;/q;;;;;+2/p-2. The molecule has 8 bridgehead atoms. The van der Waals surface area contributed by atoms with Crippen LogP contribution in [0.1, 0.15) is 133 Å². The molecule has 359 valence electrons. The molecule has 10 aliphatic carbocycles. The average molecular weight is 1070 g/mol. The van der Waals surface area contributed by atoms with Crippen LogP contribution in [-0.4, -0.2) is 22.1 Å². The van der Waals surface area contributed by atoms with Crippen molar-refractivity contribution in [3.05, 3.63) is 118 Å². The molecule has 0 spiro atoms. The zero-order valence-corrected chi connectivity index (χ0v) is 50.1. The quantitative estimate of drug-likeness (QED) is 0.117. The van der Waals surface area contributed by atoms with Crippen LogP contribution in [0.5, 0.6) is 0 Å². The van der Waals surface area contributed by atoms with Crippen LogP contribution >= 0.6 is 17.0 Å². The summed E-state index contributed by atoms with van der Waals surface area (Å²) in [6.07, 6.45) is 26.5. The Hall–Kier alpha value is -1.53. The molecule has 0 nitrogen and oxygen atoms in total. The Labute approximate surface area is 422 Å². The van der Waals surface area contributed by atoms with E-state index in [2.05, 4.69) is 150 Å². The fourth-order valence-corrected chi connectivity index (χ4v) is 62.1. The van der Waals surface area contributed by atoms with Crippen molar-refractivity contribution in [2.75, 3.05) is 0 Å². The molecule has 0 amide bonds. The third-order valence-electron chi connectivity index (χ3n) is 20.7. The Kier molecular flexibility index (Phi) is 11.7. The Morgan fingerprint density at radius 2 is 0.853 bits per heavy atom. The molecule has 68 heavy (non-hydrogen) atoms. The van der Waals surface area contributed by atoms with Gasteiger partial charge in [-0.15, -0.1) is 0 Å². The Morgan fingerprint density at radius 1 is 0.515 bits per heavy atom. The maximum atomic E-state index is 9.66. The van der Waals surface area contributed by atoms with Crippen molar-refractivity contribution in [3.63, 3.8) is 0 Å². The van der Waals surface area contributed by atoms with Crippen LogP contribution in [0, 0.1) is 46.3 Å². The van der Waals surface area contributed by atoms with Crippen LogP contribution in [-0.2, 0) is 15.6 Å². The van der Waals surface area contributed by atoms with E-state index in [-0.39, 0.29) is 7.25 Å². The van der Waals surface area contributed by atoms with Gasteiger partial charge in [0, 0.05) is 0 Å². The number of rotatable bonds is 13. The molecule has 4 aromatic rings. The molecule has 10 aliphatic rings. The summed E-state index contributed by atoms with van der Waals surface area (Å²) in [4.78, 5) is 0. The molecule has 3 unspecified atom stereocenters. The summed E-state index contributed by atoms with van der Waals surface area (Å²) in [5.41, 5.74) is 15.5. The van der Waals surface area contributed by atoms with Crippen LogP contribution in [0.25, 0.3) is 34.4 Å². The molecule has 14 rings (SSSR count). The number of hydrogen-bond donors (Lipinski definition) is 0. The number of fused-ring (bicyclic) bond motifs is 2. The second-order valence-corrected chi connectivity index (χ2v) is 79.2. The van der Waals surface area contributed by atoms with Gasteiger partial charge in [-0.1, -0.05) is 0 Å². The first-order valence-electron chi connectivity index (χ1n) is 27.8. The van der Waals surface area contributed by atoms with Gasteiger partial charge in [-0.3, -0.25) is 0 Å². The summed E-state index contributed by atoms with van der Waals surface area (Å²) in [5.74, 6) is 3.72. The molecule has 0 aromatic heterocycles. The minimum atomic E-state index is -5.24. The molecule has 4 aromatic carbocycles. The van der Waals surface area contributed by atoms with Gasteiger partial charge in [-0.05, 0) is 0 Å². The average Bonchev–Trinajstić information content (AvgIpc) is 3.83. The van der Waals surface area contributed by atoms with Crippen molar-refractivity contribution in [3.8, 4) is 22.3 Å². The molecule has 8 fully saturated rings. The van der Waals surface area contributed by atoms with Crippen molar-refractivity contribution in [2.24, 2.45) is 46.3 Å². The zero-order valence-electron chi connectivity index (χ0n) is 43.0. The number of benzene rings is 4. The maximum absolute atomic E-state index is 9.66. The third kappa shape index (κ3) is 7.89. The molecule has 3 atom stereocenters. The molecule has 0 N–H and O–H groups in total. The summed E-state index contributed by atoms with van der Waals surface area (Å²) >= 11 is -5.24. The van der Waals surface area contributed by atoms with Gasteiger partial charge in [0.05, 0.1) is 0 Å².